The molecule has 0 saturated heterocycles. The molecule has 6 nitrogen and oxygen atoms in total. The number of rotatable bonds is 8. The molecule has 0 aromatic heterocycles. The molecule has 1 N–H and O–H groups in total. The molecule has 3 saturated carbocycles. The zero-order chi connectivity index (χ0) is 57.6. The van der Waals surface area contributed by atoms with E-state index >= 15 is 0 Å². The first kappa shape index (κ1) is 53.1. The van der Waals surface area contributed by atoms with Crippen molar-refractivity contribution in [3.63, 3.8) is 0 Å². The Balaban J connectivity index is 0.887. The van der Waals surface area contributed by atoms with Crippen molar-refractivity contribution in [2.75, 3.05) is 46.8 Å². The van der Waals surface area contributed by atoms with Crippen LogP contribution in [0.5, 0.6) is 0 Å². The van der Waals surface area contributed by atoms with Gasteiger partial charge in [0.15, 0.2) is 0 Å². The van der Waals surface area contributed by atoms with Gasteiger partial charge in [-0.15, -0.1) is 0 Å². The van der Waals surface area contributed by atoms with Gasteiger partial charge in [0.25, 0.3) is 20.1 Å². The van der Waals surface area contributed by atoms with Crippen LogP contribution in [-0.4, -0.2) is 38.9 Å². The fourth-order valence-electron chi connectivity index (χ4n) is 18.0. The smallest absolute Gasteiger partial charge is 0.252 e. The summed E-state index contributed by atoms with van der Waals surface area (Å²) in [6.07, 6.45) is 26.3. The maximum atomic E-state index is 4.29. The number of anilines is 14. The summed E-state index contributed by atoms with van der Waals surface area (Å²) >= 11 is 5.64. The Morgan fingerprint density at radius 2 is 0.678 bits per heavy atom. The van der Waals surface area contributed by atoms with Crippen LogP contribution >= 0.6 is 35.8 Å². The molecule has 6 heterocycles. The minimum atomic E-state index is -0.0195. The Morgan fingerprint density at radius 3 is 1.15 bits per heavy atom. The molecule has 0 atom stereocenters. The van der Waals surface area contributed by atoms with Crippen LogP contribution in [-0.2, 0) is 0 Å². The fraction of sp³-hybridized carbons (Fsp3) is 0.280. The molecule has 0 amide bonds. The topological polar surface area (TPSA) is 28.2 Å². The molecule has 0 spiro atoms. The third-order valence-electron chi connectivity index (χ3n) is 21.8. The van der Waals surface area contributed by atoms with E-state index < -0.39 is 0 Å². The summed E-state index contributed by atoms with van der Waals surface area (Å²) in [5.41, 5.74) is 35.2. The molecule has 0 unspecified atom stereocenters. The van der Waals surface area contributed by atoms with E-state index in [-0.39, 0.29) is 20.1 Å². The van der Waals surface area contributed by atoms with Crippen molar-refractivity contribution in [2.24, 2.45) is 0 Å². The van der Waals surface area contributed by atoms with Gasteiger partial charge < -0.3 is 15.1 Å². The predicted molar refractivity (Wildman–Crippen MR) is 383 cm³/mol. The molecule has 428 valence electrons. The van der Waals surface area contributed by atoms with Gasteiger partial charge in [-0.1, -0.05) is 143 Å². The highest BCUT2D eigenvalue weighted by Crippen LogP contribution is 2.51. The molecular weight excluding hydrogens is 1110 g/mol. The molecule has 9 aliphatic rings. The third-order valence-corrected chi connectivity index (χ3v) is 24.1. The Hall–Kier alpha value is -6.98. The Kier molecular flexibility index (Phi) is 12.9. The third kappa shape index (κ3) is 8.07. The van der Waals surface area contributed by atoms with E-state index in [1.807, 2.05) is 35.8 Å². The largest absolute Gasteiger partial charge is 0.356 e. The second kappa shape index (κ2) is 21.1. The summed E-state index contributed by atoms with van der Waals surface area (Å²) in [5.74, 6) is 1.66. The van der Waals surface area contributed by atoms with E-state index in [9.17, 15) is 0 Å². The summed E-state index contributed by atoms with van der Waals surface area (Å²) in [6.45, 7) is 0.0502. The van der Waals surface area contributed by atoms with Crippen molar-refractivity contribution >= 4 is 185 Å². The van der Waals surface area contributed by atoms with Crippen molar-refractivity contribution in [3.8, 4) is 0 Å². The van der Waals surface area contributed by atoms with Crippen LogP contribution in [0.4, 0.5) is 79.6 Å². The van der Waals surface area contributed by atoms with Crippen LogP contribution in [0.15, 0.2) is 170 Å². The summed E-state index contributed by atoms with van der Waals surface area (Å²) in [7, 11) is 0. The monoisotopic (exact) mass is 1180 g/mol. The van der Waals surface area contributed by atoms with Crippen molar-refractivity contribution in [3.05, 3.63) is 187 Å². The highest BCUT2D eigenvalue weighted by atomic mass is 32.2. The first-order valence-electron chi connectivity index (χ1n) is 32.6. The molecule has 12 heteroatoms. The molecule has 9 aromatic rings. The molecule has 18 rings (SSSR count). The SMILES string of the molecule is CSN1c2cc3c(cc2B2c4cc5c(cc4N(SC)c4cc(C6CCCCC6)cc1c42)N(SC)c1cc(C2CCCCC2)cc2c1B5c1ccccc1N2c1ccccc1)B1c2ccccc2N(c2ccccc2)c2cc(C4CCCCC4)cc(c21)N3. The maximum absolute atomic E-state index is 4.29. The number of para-hydroxylation sites is 4. The minimum Gasteiger partial charge on any atom is -0.356 e. The van der Waals surface area contributed by atoms with Crippen molar-refractivity contribution in [1.29, 1.82) is 0 Å². The zero-order valence-corrected chi connectivity index (χ0v) is 52.6. The highest BCUT2D eigenvalue weighted by Gasteiger charge is 2.50. The van der Waals surface area contributed by atoms with E-state index in [0.717, 1.165) is 0 Å². The number of nitrogens with zero attached hydrogens (tertiary/aromatic N) is 5. The Bertz CT molecular complexity index is 4260. The lowest BCUT2D eigenvalue weighted by Gasteiger charge is -2.47. The lowest BCUT2D eigenvalue weighted by Crippen LogP contribution is -2.66. The fourth-order valence-corrected chi connectivity index (χ4v) is 20.1. The second-order valence-electron chi connectivity index (χ2n) is 26.2. The van der Waals surface area contributed by atoms with E-state index in [0.29, 0.717) is 17.8 Å². The van der Waals surface area contributed by atoms with Crippen LogP contribution in [0.3, 0.4) is 0 Å². The summed E-state index contributed by atoms with van der Waals surface area (Å²) < 4.78 is 7.95. The lowest BCUT2D eigenvalue weighted by molar-refractivity contribution is 0.444. The van der Waals surface area contributed by atoms with Gasteiger partial charge >= 0.3 is 0 Å². The summed E-state index contributed by atoms with van der Waals surface area (Å²) in [6, 6.07) is 67.6. The molecule has 3 aliphatic carbocycles. The Labute approximate surface area is 528 Å². The molecule has 3 fully saturated rings. The average molecular weight is 1190 g/mol. The quantitative estimate of drug-likeness (QED) is 0.118. The van der Waals surface area contributed by atoms with Crippen LogP contribution in [0.2, 0.25) is 0 Å². The first-order chi connectivity index (χ1) is 43.0. The number of fused-ring (bicyclic) bond motifs is 12. The van der Waals surface area contributed by atoms with Gasteiger partial charge in [0, 0.05) is 81.3 Å². The first-order valence-corrected chi connectivity index (χ1v) is 36.2. The molecule has 9 aromatic carbocycles. The standard InChI is InChI=1S/C75H71B3N6S3/c1-85-82-65-45-61-57(76-55-33-19-21-35-63(55)80(53-29-15-7-16-30-53)68-38-50(37-62(79-61)73(68)76)47-23-9-4-10-24-47)43-58(65)78-60-44-59-66(46-67(60)84(87-3)72-42-52(41-71(82)75(72)78)49-27-13-6-14-28-49)83(86-2)70-40-51(48-25-11-5-12-26-48)39-69-74(70)77(59)56-34-20-22-36-64(56)81(69)54-31-17-8-18-32-54/h7-8,15-22,29-49,79H,4-6,9-14,23-28H2,1-3H3. The Morgan fingerprint density at radius 1 is 0.310 bits per heavy atom. The van der Waals surface area contributed by atoms with Crippen molar-refractivity contribution in [2.45, 2.75) is 114 Å². The van der Waals surface area contributed by atoms with Gasteiger partial charge in [0.05, 0.1) is 17.1 Å². The van der Waals surface area contributed by atoms with Gasteiger partial charge in [-0.25, -0.2) is 0 Å². The van der Waals surface area contributed by atoms with Gasteiger partial charge in [0.1, 0.15) is 0 Å². The van der Waals surface area contributed by atoms with Crippen molar-refractivity contribution in [1.82, 2.24) is 0 Å². The maximum Gasteiger partial charge on any atom is 0.252 e. The van der Waals surface area contributed by atoms with Crippen LogP contribution in [0.1, 0.15) is 131 Å². The minimum absolute atomic E-state index is 0.0195. The van der Waals surface area contributed by atoms with Crippen LogP contribution in [0, 0.1) is 0 Å². The molecule has 0 radical (unpaired) electrons. The van der Waals surface area contributed by atoms with Gasteiger partial charge in [0.2, 0.25) is 0 Å². The summed E-state index contributed by atoms with van der Waals surface area (Å²) in [5, 5.41) is 4.29. The second-order valence-corrected chi connectivity index (χ2v) is 28.4. The van der Waals surface area contributed by atoms with E-state index in [1.165, 1.54) is 242 Å². The van der Waals surface area contributed by atoms with E-state index in [4.69, 9.17) is 0 Å². The van der Waals surface area contributed by atoms with Crippen molar-refractivity contribution < 1.29 is 0 Å². The van der Waals surface area contributed by atoms with E-state index in [1.54, 1.807) is 0 Å². The molecule has 87 heavy (non-hydrogen) atoms. The van der Waals surface area contributed by atoms with Gasteiger partial charge in [-0.05, 0) is 243 Å². The number of nitrogens with one attached hydrogen (secondary N) is 1. The molecular formula is C75H71B3N6S3. The normalized spacial score (nSPS) is 18.0. The van der Waals surface area contributed by atoms with Gasteiger partial charge in [-0.3, -0.25) is 12.9 Å². The number of benzene rings is 9. The predicted octanol–water partition coefficient (Wildman–Crippen LogP) is 15.2. The molecule has 0 bridgehead atoms. The van der Waals surface area contributed by atoms with Crippen LogP contribution in [0.25, 0.3) is 0 Å². The van der Waals surface area contributed by atoms with Crippen LogP contribution < -0.4 is 77.2 Å². The lowest BCUT2D eigenvalue weighted by atomic mass is 9.29. The number of hydrogen-bond donors (Lipinski definition) is 1. The summed E-state index contributed by atoms with van der Waals surface area (Å²) in [4.78, 5) is 5.19. The van der Waals surface area contributed by atoms with Gasteiger partial charge in [-0.2, -0.15) is 0 Å². The molecule has 6 aliphatic heterocycles. The zero-order valence-electron chi connectivity index (χ0n) is 50.2. The highest BCUT2D eigenvalue weighted by molar-refractivity contribution is 8.01. The average Bonchev–Trinajstić information content (AvgIpc) is 0.738. The number of hydrogen-bond acceptors (Lipinski definition) is 9. The van der Waals surface area contributed by atoms with E-state index in [2.05, 4.69) is 217 Å².